The van der Waals surface area contributed by atoms with Crippen molar-refractivity contribution in [2.75, 3.05) is 32.8 Å². The van der Waals surface area contributed by atoms with E-state index in [2.05, 4.69) is 21.7 Å². The van der Waals surface area contributed by atoms with E-state index in [1.54, 1.807) is 40.7 Å². The quantitative estimate of drug-likeness (QED) is 0.158. The molecular weight excluding hydrogens is 597 g/mol. The Morgan fingerprint density at radius 3 is 2.55 bits per heavy atom. The highest BCUT2D eigenvalue weighted by molar-refractivity contribution is 7.91. The van der Waals surface area contributed by atoms with E-state index < -0.39 is 16.1 Å². The van der Waals surface area contributed by atoms with E-state index in [0.717, 1.165) is 45.3 Å². The number of hydrogen-bond donors (Lipinski definition) is 4. The van der Waals surface area contributed by atoms with Crippen LogP contribution < -0.4 is 15.4 Å². The van der Waals surface area contributed by atoms with E-state index in [1.165, 1.54) is 11.3 Å². The Morgan fingerprint density at radius 1 is 0.977 bits per heavy atom. The molecule has 1 amide bonds. The molecule has 1 atom stereocenters. The average Bonchev–Trinajstić information content (AvgIpc) is 3.69. The highest BCUT2D eigenvalue weighted by Crippen LogP contribution is 2.33. The van der Waals surface area contributed by atoms with Crippen LogP contribution in [0.2, 0.25) is 0 Å². The summed E-state index contributed by atoms with van der Waals surface area (Å²) in [6, 6.07) is 26.3. The summed E-state index contributed by atoms with van der Waals surface area (Å²) in [5.41, 5.74) is 2.61. The summed E-state index contributed by atoms with van der Waals surface area (Å²) in [7, 11) is -3.59. The molecular formula is C33H36N4O5S2. The third-order valence-electron chi connectivity index (χ3n) is 8.00. The maximum Gasteiger partial charge on any atom is 0.252 e. The summed E-state index contributed by atoms with van der Waals surface area (Å²) in [5.74, 6) is 0.867. The number of aromatic nitrogens is 1. The van der Waals surface area contributed by atoms with Gasteiger partial charge in [0, 0.05) is 46.4 Å². The highest BCUT2D eigenvalue weighted by Gasteiger charge is 2.30. The number of amides is 1. The van der Waals surface area contributed by atoms with Gasteiger partial charge in [0.25, 0.3) is 15.9 Å². The largest absolute Gasteiger partial charge is 0.490 e. The maximum atomic E-state index is 13.3. The number of para-hydroxylation sites is 1. The zero-order valence-corrected chi connectivity index (χ0v) is 25.9. The Hall–Kier alpha value is -3.74. The molecule has 0 bridgehead atoms. The van der Waals surface area contributed by atoms with E-state index in [0.29, 0.717) is 41.9 Å². The molecule has 6 rings (SSSR count). The second-order valence-corrected chi connectivity index (χ2v) is 14.4. The van der Waals surface area contributed by atoms with Gasteiger partial charge in [0.05, 0.1) is 12.1 Å². The Morgan fingerprint density at radius 2 is 1.73 bits per heavy atom. The number of sulfonamides is 1. The fraction of sp³-hybridized carbons (Fsp3) is 0.303. The number of hydrogen-bond acceptors (Lipinski definition) is 7. The Bertz CT molecular complexity index is 1830. The first kappa shape index (κ1) is 30.3. The van der Waals surface area contributed by atoms with Crippen molar-refractivity contribution in [2.45, 2.75) is 29.7 Å². The zero-order chi connectivity index (χ0) is 30.5. The van der Waals surface area contributed by atoms with Crippen LogP contribution in [0, 0.1) is 5.92 Å². The van der Waals surface area contributed by atoms with Crippen LogP contribution in [-0.4, -0.2) is 67.6 Å². The minimum absolute atomic E-state index is 0.168. The molecule has 0 unspecified atom stereocenters. The fourth-order valence-electron chi connectivity index (χ4n) is 5.62. The maximum absolute atomic E-state index is 13.3. The molecule has 5 aromatic rings. The topological polar surface area (TPSA) is 124 Å². The van der Waals surface area contributed by atoms with Crippen molar-refractivity contribution in [1.82, 2.24) is 19.9 Å². The molecule has 230 valence electrons. The SMILES string of the molecule is O=C(NCc1ccc(S(=O)(=O)N2CCC(CNC[C@H](O)COc3cccc4[nH]c5ccccc5c34)CC2)s1)c1ccccc1. The molecule has 3 aromatic carbocycles. The lowest BCUT2D eigenvalue weighted by Gasteiger charge is -2.31. The van der Waals surface area contributed by atoms with Gasteiger partial charge in [-0.3, -0.25) is 4.79 Å². The number of aliphatic hydroxyl groups is 1. The standard InChI is InChI=1S/C33H36N4O5S2/c38-25(22-42-30-12-6-11-29-32(30)27-9-4-5-10-28(27)36-29)20-34-19-23-15-17-37(18-16-23)44(40,41)31-14-13-26(43-31)21-35-33(39)24-7-2-1-3-8-24/h1-14,23,25,34,36,38H,15-22H2,(H,35,39)/t25-/m0/s1. The van der Waals surface area contributed by atoms with Crippen molar-refractivity contribution in [3.63, 3.8) is 0 Å². The van der Waals surface area contributed by atoms with Gasteiger partial charge < -0.3 is 25.5 Å². The van der Waals surface area contributed by atoms with Crippen molar-refractivity contribution < 1.29 is 23.1 Å². The Labute approximate surface area is 260 Å². The van der Waals surface area contributed by atoms with Crippen LogP contribution in [0.15, 0.2) is 89.1 Å². The molecule has 1 aliphatic rings. The summed E-state index contributed by atoms with van der Waals surface area (Å²) in [4.78, 5) is 16.5. The van der Waals surface area contributed by atoms with Crippen LogP contribution in [0.5, 0.6) is 5.75 Å². The number of nitrogens with one attached hydrogen (secondary N) is 3. The molecule has 44 heavy (non-hydrogen) atoms. The molecule has 0 spiro atoms. The average molecular weight is 633 g/mol. The Balaban J connectivity index is 0.932. The lowest BCUT2D eigenvalue weighted by Crippen LogP contribution is -2.41. The van der Waals surface area contributed by atoms with Gasteiger partial charge in [-0.1, -0.05) is 42.5 Å². The fourth-order valence-corrected chi connectivity index (χ4v) is 8.54. The molecule has 4 N–H and O–H groups in total. The lowest BCUT2D eigenvalue weighted by atomic mass is 9.98. The van der Waals surface area contributed by atoms with Gasteiger partial charge in [0.15, 0.2) is 0 Å². The molecule has 1 aliphatic heterocycles. The summed E-state index contributed by atoms with van der Waals surface area (Å²) in [6.45, 7) is 2.44. The van der Waals surface area contributed by atoms with Crippen LogP contribution in [0.3, 0.4) is 0 Å². The van der Waals surface area contributed by atoms with Crippen molar-refractivity contribution in [1.29, 1.82) is 0 Å². The van der Waals surface area contributed by atoms with Gasteiger partial charge in [0.2, 0.25) is 0 Å². The molecule has 3 heterocycles. The van der Waals surface area contributed by atoms with E-state index in [9.17, 15) is 18.3 Å². The van der Waals surface area contributed by atoms with Crippen LogP contribution in [0.1, 0.15) is 28.1 Å². The number of aliphatic hydroxyl groups excluding tert-OH is 1. The van der Waals surface area contributed by atoms with Crippen LogP contribution >= 0.6 is 11.3 Å². The predicted molar refractivity (Wildman–Crippen MR) is 174 cm³/mol. The first-order chi connectivity index (χ1) is 21.4. The molecule has 0 saturated carbocycles. The number of carbonyl (C=O) groups is 1. The molecule has 0 radical (unpaired) electrons. The monoisotopic (exact) mass is 632 g/mol. The molecule has 11 heteroatoms. The molecule has 1 saturated heterocycles. The first-order valence-corrected chi connectivity index (χ1v) is 17.1. The van der Waals surface area contributed by atoms with Crippen molar-refractivity contribution in [3.05, 3.63) is 95.4 Å². The van der Waals surface area contributed by atoms with Crippen molar-refractivity contribution in [3.8, 4) is 5.75 Å². The summed E-state index contributed by atoms with van der Waals surface area (Å²) >= 11 is 1.19. The second kappa shape index (κ2) is 13.5. The van der Waals surface area contributed by atoms with Gasteiger partial charge >= 0.3 is 0 Å². The number of rotatable bonds is 12. The van der Waals surface area contributed by atoms with Gasteiger partial charge in [-0.05, 0) is 67.8 Å². The number of ether oxygens (including phenoxy) is 1. The predicted octanol–water partition coefficient (Wildman–Crippen LogP) is 4.74. The summed E-state index contributed by atoms with van der Waals surface area (Å²) in [5, 5.41) is 18.9. The summed E-state index contributed by atoms with van der Waals surface area (Å²) in [6.07, 6.45) is 0.806. The zero-order valence-electron chi connectivity index (χ0n) is 24.2. The molecule has 2 aromatic heterocycles. The number of aromatic amines is 1. The van der Waals surface area contributed by atoms with E-state index in [-0.39, 0.29) is 19.1 Å². The molecule has 1 fully saturated rings. The third-order valence-corrected chi connectivity index (χ3v) is 11.5. The number of thiophene rings is 1. The lowest BCUT2D eigenvalue weighted by molar-refractivity contribution is 0.0951. The van der Waals surface area contributed by atoms with Gasteiger partial charge in [-0.25, -0.2) is 8.42 Å². The van der Waals surface area contributed by atoms with Gasteiger partial charge in [0.1, 0.15) is 22.7 Å². The van der Waals surface area contributed by atoms with Crippen molar-refractivity contribution in [2.24, 2.45) is 5.92 Å². The third kappa shape index (κ3) is 6.82. The normalized spacial score (nSPS) is 15.5. The number of piperidine rings is 1. The number of benzene rings is 3. The van der Waals surface area contributed by atoms with E-state index in [4.69, 9.17) is 4.74 Å². The molecule has 9 nitrogen and oxygen atoms in total. The highest BCUT2D eigenvalue weighted by atomic mass is 32.2. The van der Waals surface area contributed by atoms with Gasteiger partial charge in [-0.15, -0.1) is 11.3 Å². The molecule has 0 aliphatic carbocycles. The van der Waals surface area contributed by atoms with E-state index in [1.807, 2.05) is 42.5 Å². The smallest absolute Gasteiger partial charge is 0.252 e. The first-order valence-electron chi connectivity index (χ1n) is 14.8. The summed E-state index contributed by atoms with van der Waals surface area (Å²) < 4.78 is 34.4. The van der Waals surface area contributed by atoms with Crippen LogP contribution in [0.4, 0.5) is 0 Å². The number of H-pyrrole nitrogens is 1. The van der Waals surface area contributed by atoms with E-state index >= 15 is 0 Å². The van der Waals surface area contributed by atoms with Gasteiger partial charge in [-0.2, -0.15) is 4.31 Å². The number of fused-ring (bicyclic) bond motifs is 3. The number of nitrogens with zero attached hydrogens (tertiary/aromatic N) is 1. The minimum atomic E-state index is -3.59. The Kier molecular flexibility index (Phi) is 9.29. The van der Waals surface area contributed by atoms with Crippen molar-refractivity contribution >= 4 is 49.1 Å². The van der Waals surface area contributed by atoms with Crippen LogP contribution in [0.25, 0.3) is 21.8 Å². The van der Waals surface area contributed by atoms with Crippen LogP contribution in [-0.2, 0) is 16.6 Å². The minimum Gasteiger partial charge on any atom is -0.490 e. The number of carbonyl (C=O) groups excluding carboxylic acids is 1. The second-order valence-electron chi connectivity index (χ2n) is 11.1.